The molecule has 0 spiro atoms. The lowest BCUT2D eigenvalue weighted by atomic mass is 9.93. The fraction of sp³-hybridized carbons (Fsp3) is 0.762. The SMILES string of the molecule is CCNc1cc(N2CCCC(CCC(=O)N3CCN(C(C)C)CC3)C2)ncn1. The van der Waals surface area contributed by atoms with Gasteiger partial charge in [0.1, 0.15) is 18.0 Å². The van der Waals surface area contributed by atoms with Crippen LogP contribution in [0.25, 0.3) is 0 Å². The summed E-state index contributed by atoms with van der Waals surface area (Å²) in [6, 6.07) is 2.60. The highest BCUT2D eigenvalue weighted by atomic mass is 16.2. The molecule has 0 aromatic carbocycles. The van der Waals surface area contributed by atoms with E-state index in [9.17, 15) is 4.79 Å². The smallest absolute Gasteiger partial charge is 0.222 e. The number of piperazine rings is 1. The molecule has 7 nitrogen and oxygen atoms in total. The van der Waals surface area contributed by atoms with Crippen molar-refractivity contribution in [3.8, 4) is 0 Å². The quantitative estimate of drug-likeness (QED) is 0.774. The number of nitrogens with one attached hydrogen (secondary N) is 1. The summed E-state index contributed by atoms with van der Waals surface area (Å²) in [6.07, 6.45) is 5.65. The van der Waals surface area contributed by atoms with E-state index in [-0.39, 0.29) is 0 Å². The highest BCUT2D eigenvalue weighted by Crippen LogP contribution is 2.26. The molecule has 2 fully saturated rings. The van der Waals surface area contributed by atoms with E-state index in [1.165, 1.54) is 6.42 Å². The molecule has 1 aromatic heterocycles. The van der Waals surface area contributed by atoms with Gasteiger partial charge in [0, 0.05) is 64.3 Å². The first-order valence-electron chi connectivity index (χ1n) is 10.9. The minimum Gasteiger partial charge on any atom is -0.370 e. The summed E-state index contributed by atoms with van der Waals surface area (Å²) in [5.41, 5.74) is 0. The number of piperidine rings is 1. The summed E-state index contributed by atoms with van der Waals surface area (Å²) in [4.78, 5) is 28.2. The van der Waals surface area contributed by atoms with Gasteiger partial charge in [-0.3, -0.25) is 9.69 Å². The third-order valence-electron chi connectivity index (χ3n) is 6.02. The molecule has 3 heterocycles. The zero-order valence-electron chi connectivity index (χ0n) is 17.7. The van der Waals surface area contributed by atoms with Gasteiger partial charge in [0.2, 0.25) is 5.91 Å². The van der Waals surface area contributed by atoms with E-state index in [1.54, 1.807) is 6.33 Å². The first kappa shape index (κ1) is 20.8. The Labute approximate surface area is 169 Å². The normalized spacial score (nSPS) is 21.2. The Bertz CT molecular complexity index is 629. The lowest BCUT2D eigenvalue weighted by molar-refractivity contribution is -0.133. The Balaban J connectivity index is 1.46. The van der Waals surface area contributed by atoms with E-state index in [0.717, 1.165) is 70.3 Å². The minimum atomic E-state index is 0.331. The van der Waals surface area contributed by atoms with Crippen LogP contribution in [-0.2, 0) is 4.79 Å². The molecule has 1 N–H and O–H groups in total. The molecule has 0 saturated carbocycles. The molecule has 1 aromatic rings. The highest BCUT2D eigenvalue weighted by molar-refractivity contribution is 5.76. The van der Waals surface area contributed by atoms with Gasteiger partial charge in [-0.15, -0.1) is 0 Å². The Kier molecular flexibility index (Phi) is 7.48. The Morgan fingerprint density at radius 1 is 1.21 bits per heavy atom. The minimum absolute atomic E-state index is 0.331. The molecule has 1 atom stereocenters. The molecule has 0 bridgehead atoms. The Morgan fingerprint density at radius 2 is 2.00 bits per heavy atom. The van der Waals surface area contributed by atoms with Crippen molar-refractivity contribution in [2.24, 2.45) is 5.92 Å². The predicted octanol–water partition coefficient (Wildman–Crippen LogP) is 2.46. The van der Waals surface area contributed by atoms with Crippen LogP contribution in [0.1, 0.15) is 46.5 Å². The molecule has 7 heteroatoms. The second kappa shape index (κ2) is 10.0. The van der Waals surface area contributed by atoms with Crippen molar-refractivity contribution in [1.29, 1.82) is 0 Å². The van der Waals surface area contributed by atoms with Crippen LogP contribution in [0.3, 0.4) is 0 Å². The highest BCUT2D eigenvalue weighted by Gasteiger charge is 2.25. The average Bonchev–Trinajstić information content (AvgIpc) is 2.73. The van der Waals surface area contributed by atoms with Crippen LogP contribution >= 0.6 is 0 Å². The molecule has 2 saturated heterocycles. The number of carbonyl (C=O) groups is 1. The van der Waals surface area contributed by atoms with E-state index >= 15 is 0 Å². The summed E-state index contributed by atoms with van der Waals surface area (Å²) in [5.74, 6) is 2.77. The van der Waals surface area contributed by atoms with Gasteiger partial charge < -0.3 is 15.1 Å². The van der Waals surface area contributed by atoms with Crippen LogP contribution < -0.4 is 10.2 Å². The van der Waals surface area contributed by atoms with Crippen molar-refractivity contribution < 1.29 is 4.79 Å². The van der Waals surface area contributed by atoms with Gasteiger partial charge in [0.05, 0.1) is 0 Å². The lowest BCUT2D eigenvalue weighted by Crippen LogP contribution is -2.50. The number of nitrogens with zero attached hydrogens (tertiary/aromatic N) is 5. The maximum atomic E-state index is 12.7. The molecular weight excluding hydrogens is 352 g/mol. The largest absolute Gasteiger partial charge is 0.370 e. The van der Waals surface area contributed by atoms with E-state index in [1.807, 2.05) is 6.07 Å². The zero-order valence-corrected chi connectivity index (χ0v) is 17.7. The molecule has 1 amide bonds. The molecule has 1 unspecified atom stereocenters. The molecule has 28 heavy (non-hydrogen) atoms. The van der Waals surface area contributed by atoms with E-state index in [0.29, 0.717) is 24.3 Å². The Morgan fingerprint density at radius 3 is 2.71 bits per heavy atom. The molecule has 2 aliphatic rings. The molecule has 0 aliphatic carbocycles. The second-order valence-electron chi connectivity index (χ2n) is 8.30. The van der Waals surface area contributed by atoms with Crippen molar-refractivity contribution in [1.82, 2.24) is 19.8 Å². The van der Waals surface area contributed by atoms with Crippen LogP contribution in [0.4, 0.5) is 11.6 Å². The van der Waals surface area contributed by atoms with Crippen LogP contribution in [0.5, 0.6) is 0 Å². The maximum Gasteiger partial charge on any atom is 0.222 e. The second-order valence-corrected chi connectivity index (χ2v) is 8.30. The van der Waals surface area contributed by atoms with Crippen molar-refractivity contribution in [2.45, 2.75) is 52.5 Å². The van der Waals surface area contributed by atoms with E-state index in [4.69, 9.17) is 0 Å². The molecular formula is C21H36N6O. The maximum absolute atomic E-state index is 12.7. The molecule has 0 radical (unpaired) electrons. The van der Waals surface area contributed by atoms with Gasteiger partial charge >= 0.3 is 0 Å². The van der Waals surface area contributed by atoms with Crippen LogP contribution in [0, 0.1) is 5.92 Å². The van der Waals surface area contributed by atoms with E-state index < -0.39 is 0 Å². The summed E-state index contributed by atoms with van der Waals surface area (Å²) in [7, 11) is 0. The fourth-order valence-corrected chi connectivity index (χ4v) is 4.28. The molecule has 2 aliphatic heterocycles. The van der Waals surface area contributed by atoms with Gasteiger partial charge in [-0.05, 0) is 46.0 Å². The standard InChI is InChI=1S/C21H36N6O/c1-4-22-19-14-20(24-16-23-19)27-9-5-6-18(15-27)7-8-21(28)26-12-10-25(11-13-26)17(2)3/h14,16-18H,4-13,15H2,1-3H3,(H,22,23,24). The number of hydrogen-bond acceptors (Lipinski definition) is 6. The van der Waals surface area contributed by atoms with Crippen LogP contribution in [0.2, 0.25) is 0 Å². The van der Waals surface area contributed by atoms with Crippen molar-refractivity contribution >= 4 is 17.5 Å². The summed E-state index contributed by atoms with van der Waals surface area (Å²) < 4.78 is 0. The van der Waals surface area contributed by atoms with Gasteiger partial charge in [-0.25, -0.2) is 9.97 Å². The van der Waals surface area contributed by atoms with Crippen LogP contribution in [0.15, 0.2) is 12.4 Å². The van der Waals surface area contributed by atoms with Gasteiger partial charge in [-0.1, -0.05) is 0 Å². The number of hydrogen-bond donors (Lipinski definition) is 1. The first-order valence-corrected chi connectivity index (χ1v) is 10.9. The van der Waals surface area contributed by atoms with Crippen molar-refractivity contribution in [3.63, 3.8) is 0 Å². The Hall–Kier alpha value is -1.89. The topological polar surface area (TPSA) is 64.6 Å². The van der Waals surface area contributed by atoms with Gasteiger partial charge in [0.15, 0.2) is 0 Å². The van der Waals surface area contributed by atoms with Crippen LogP contribution in [-0.4, -0.2) is 77.5 Å². The average molecular weight is 389 g/mol. The molecule has 3 rings (SSSR count). The summed E-state index contributed by atoms with van der Waals surface area (Å²) >= 11 is 0. The molecule has 156 valence electrons. The summed E-state index contributed by atoms with van der Waals surface area (Å²) in [6.45, 7) is 13.2. The fourth-order valence-electron chi connectivity index (χ4n) is 4.28. The van der Waals surface area contributed by atoms with Crippen molar-refractivity contribution in [2.75, 3.05) is 56.0 Å². The third-order valence-corrected chi connectivity index (χ3v) is 6.02. The van der Waals surface area contributed by atoms with Crippen molar-refractivity contribution in [3.05, 3.63) is 12.4 Å². The lowest BCUT2D eigenvalue weighted by Gasteiger charge is -2.37. The number of rotatable bonds is 7. The zero-order chi connectivity index (χ0) is 19.9. The third kappa shape index (κ3) is 5.56. The number of anilines is 2. The van der Waals surface area contributed by atoms with E-state index in [2.05, 4.69) is 50.8 Å². The first-order chi connectivity index (χ1) is 13.6. The van der Waals surface area contributed by atoms with Gasteiger partial charge in [-0.2, -0.15) is 0 Å². The number of carbonyl (C=O) groups excluding carboxylic acids is 1. The monoisotopic (exact) mass is 388 g/mol. The van der Waals surface area contributed by atoms with Gasteiger partial charge in [0.25, 0.3) is 0 Å². The number of aromatic nitrogens is 2. The number of amides is 1. The summed E-state index contributed by atoms with van der Waals surface area (Å²) in [5, 5.41) is 3.25. The predicted molar refractivity (Wildman–Crippen MR) is 114 cm³/mol.